The van der Waals surface area contributed by atoms with Crippen molar-refractivity contribution in [2.45, 2.75) is 46.4 Å². The summed E-state index contributed by atoms with van der Waals surface area (Å²) >= 11 is 0. The van der Waals surface area contributed by atoms with Crippen molar-refractivity contribution in [3.63, 3.8) is 0 Å². The fourth-order valence-electron chi connectivity index (χ4n) is 2.58. The van der Waals surface area contributed by atoms with Gasteiger partial charge < -0.3 is 0 Å². The van der Waals surface area contributed by atoms with Crippen LogP contribution in [0.5, 0.6) is 0 Å². The normalized spacial score (nSPS) is 16.3. The predicted octanol–water partition coefficient (Wildman–Crippen LogP) is 4.48. The molecule has 1 aliphatic carbocycles. The van der Waals surface area contributed by atoms with Gasteiger partial charge in [0.05, 0.1) is 10.6 Å². The van der Waals surface area contributed by atoms with Crippen molar-refractivity contribution in [3.8, 4) is 0 Å². The summed E-state index contributed by atoms with van der Waals surface area (Å²) in [6.45, 7) is 11.4. The quantitative estimate of drug-likeness (QED) is 0.714. The van der Waals surface area contributed by atoms with Crippen molar-refractivity contribution >= 4 is 21.5 Å². The largest absolute Gasteiger partial charge is 0.289 e. The summed E-state index contributed by atoms with van der Waals surface area (Å²) in [4.78, 5) is 12.8. The van der Waals surface area contributed by atoms with Gasteiger partial charge in [-0.25, -0.2) is 4.39 Å². The lowest BCUT2D eigenvalue weighted by Gasteiger charge is -2.30. The molecule has 0 amide bonds. The summed E-state index contributed by atoms with van der Waals surface area (Å²) in [6.07, 6.45) is 3.05. The van der Waals surface area contributed by atoms with Crippen molar-refractivity contribution in [1.82, 2.24) is 0 Å². The molecule has 4 nitrogen and oxygen atoms in total. The molecule has 6 heteroatoms. The number of allylic oxidation sites excluding steroid dienone is 4. The first-order valence-electron chi connectivity index (χ1n) is 8.31. The minimum atomic E-state index is -4.01. The van der Waals surface area contributed by atoms with Gasteiger partial charge in [0.25, 0.3) is 10.0 Å². The minimum absolute atomic E-state index is 0.0943. The number of hydrogen-bond donors (Lipinski definition) is 0. The topological polar surface area (TPSA) is 63.6 Å². The molecule has 1 aliphatic rings. The molecule has 26 heavy (non-hydrogen) atoms. The van der Waals surface area contributed by atoms with Gasteiger partial charge in [0, 0.05) is 11.1 Å². The zero-order chi connectivity index (χ0) is 19.9. The van der Waals surface area contributed by atoms with E-state index in [9.17, 15) is 17.6 Å². The van der Waals surface area contributed by atoms with E-state index in [1.54, 1.807) is 0 Å². The minimum Gasteiger partial charge on any atom is -0.289 e. The van der Waals surface area contributed by atoms with Crippen LogP contribution in [0.2, 0.25) is 0 Å². The second-order valence-corrected chi connectivity index (χ2v) is 9.99. The zero-order valence-electron chi connectivity index (χ0n) is 15.9. The number of ketones is 1. The molecular formula is C20H24FNO3S. The van der Waals surface area contributed by atoms with Crippen LogP contribution >= 0.6 is 0 Å². The second-order valence-electron chi connectivity index (χ2n) is 8.39. The maximum absolute atomic E-state index is 13.1. The monoisotopic (exact) mass is 377 g/mol. The highest BCUT2D eigenvalue weighted by molar-refractivity contribution is 7.90. The molecule has 0 N–H and O–H groups in total. The lowest BCUT2D eigenvalue weighted by Crippen LogP contribution is -2.29. The Morgan fingerprint density at radius 2 is 1.27 bits per heavy atom. The Kier molecular flexibility index (Phi) is 5.12. The predicted molar refractivity (Wildman–Crippen MR) is 101 cm³/mol. The van der Waals surface area contributed by atoms with E-state index >= 15 is 0 Å². The first-order chi connectivity index (χ1) is 11.7. The van der Waals surface area contributed by atoms with E-state index in [4.69, 9.17) is 0 Å². The van der Waals surface area contributed by atoms with Crippen molar-refractivity contribution in [2.75, 3.05) is 0 Å². The Labute approximate surface area is 154 Å². The van der Waals surface area contributed by atoms with Crippen LogP contribution in [0.3, 0.4) is 0 Å². The number of carbonyl (C=O) groups is 1. The summed E-state index contributed by atoms with van der Waals surface area (Å²) in [5, 5.41) is 0. The van der Waals surface area contributed by atoms with E-state index in [0.717, 1.165) is 12.1 Å². The Morgan fingerprint density at radius 1 is 0.846 bits per heavy atom. The summed E-state index contributed by atoms with van der Waals surface area (Å²) < 4.78 is 42.1. The van der Waals surface area contributed by atoms with E-state index < -0.39 is 26.7 Å². The van der Waals surface area contributed by atoms with E-state index in [1.165, 1.54) is 24.3 Å². The molecule has 0 bridgehead atoms. The Balaban J connectivity index is 2.63. The van der Waals surface area contributed by atoms with Crippen molar-refractivity contribution in [3.05, 3.63) is 53.4 Å². The van der Waals surface area contributed by atoms with E-state index in [1.807, 2.05) is 41.5 Å². The molecule has 0 aliphatic heterocycles. The van der Waals surface area contributed by atoms with Gasteiger partial charge in [0.1, 0.15) is 5.82 Å². The molecular weight excluding hydrogens is 353 g/mol. The lowest BCUT2D eigenvalue weighted by molar-refractivity contribution is -0.114. The third-order valence-corrected chi connectivity index (χ3v) is 5.35. The van der Waals surface area contributed by atoms with Gasteiger partial charge in [-0.3, -0.25) is 4.79 Å². The maximum atomic E-state index is 13.1. The summed E-state index contributed by atoms with van der Waals surface area (Å²) in [6, 6.07) is 4.49. The van der Waals surface area contributed by atoms with E-state index in [0.29, 0.717) is 11.1 Å². The molecule has 2 rings (SSSR count). The number of sulfonamides is 1. The Bertz CT molecular complexity index is 887. The number of rotatable bonds is 2. The molecule has 0 atom stereocenters. The maximum Gasteiger partial charge on any atom is 0.282 e. The fourth-order valence-corrected chi connectivity index (χ4v) is 3.55. The standard InChI is InChI=1S/C20H24FNO3S/c1-19(2,3)16-11-14(12-17(18(16)23)20(4,5)6)22-26(24,25)15-9-7-13(21)8-10-15/h7-12H,1-6H3. The summed E-state index contributed by atoms with van der Waals surface area (Å²) in [7, 11) is -4.01. The van der Waals surface area contributed by atoms with E-state index in [2.05, 4.69) is 4.40 Å². The van der Waals surface area contributed by atoms with Crippen molar-refractivity contribution in [2.24, 2.45) is 15.2 Å². The van der Waals surface area contributed by atoms with Crippen molar-refractivity contribution < 1.29 is 17.6 Å². The highest BCUT2D eigenvalue weighted by Crippen LogP contribution is 2.37. The van der Waals surface area contributed by atoms with Crippen molar-refractivity contribution in [1.29, 1.82) is 0 Å². The molecule has 1 aromatic carbocycles. The molecule has 0 saturated carbocycles. The number of nitrogens with zero attached hydrogens (tertiary/aromatic N) is 1. The van der Waals surface area contributed by atoms with Crippen LogP contribution in [0.25, 0.3) is 0 Å². The Hall–Kier alpha value is -2.08. The molecule has 0 heterocycles. The smallest absolute Gasteiger partial charge is 0.282 e. The van der Waals surface area contributed by atoms with Crippen LogP contribution in [0, 0.1) is 16.6 Å². The highest BCUT2D eigenvalue weighted by Gasteiger charge is 2.34. The summed E-state index contributed by atoms with van der Waals surface area (Å²) in [5.74, 6) is -0.618. The number of Topliss-reactive ketones (excluding diaryl/α,β-unsaturated/α-hetero) is 1. The van der Waals surface area contributed by atoms with Crippen LogP contribution in [0.15, 0.2) is 56.9 Å². The molecule has 0 saturated heterocycles. The first-order valence-corrected chi connectivity index (χ1v) is 9.75. The number of halogens is 1. The number of carbonyl (C=O) groups excluding carboxylic acids is 1. The number of benzene rings is 1. The van der Waals surface area contributed by atoms with Crippen LogP contribution in [0.4, 0.5) is 4.39 Å². The van der Waals surface area contributed by atoms with Gasteiger partial charge in [-0.2, -0.15) is 12.8 Å². The highest BCUT2D eigenvalue weighted by atomic mass is 32.2. The molecule has 0 spiro atoms. The third kappa shape index (κ3) is 4.36. The Morgan fingerprint density at radius 3 is 1.65 bits per heavy atom. The lowest BCUT2D eigenvalue weighted by atomic mass is 9.72. The third-order valence-electron chi connectivity index (χ3n) is 4.03. The van der Waals surface area contributed by atoms with Gasteiger partial charge in [0.15, 0.2) is 5.78 Å². The zero-order valence-corrected chi connectivity index (χ0v) is 16.7. The molecule has 140 valence electrons. The average Bonchev–Trinajstić information content (AvgIpc) is 2.46. The van der Waals surface area contributed by atoms with Gasteiger partial charge in [-0.05, 0) is 47.2 Å². The van der Waals surface area contributed by atoms with Gasteiger partial charge in [-0.1, -0.05) is 41.5 Å². The number of hydrogen-bond acceptors (Lipinski definition) is 3. The molecule has 0 radical (unpaired) electrons. The van der Waals surface area contributed by atoms with Crippen LogP contribution < -0.4 is 0 Å². The molecule has 0 fully saturated rings. The fraction of sp³-hybridized carbons (Fsp3) is 0.400. The van der Waals surface area contributed by atoms with Gasteiger partial charge >= 0.3 is 0 Å². The van der Waals surface area contributed by atoms with E-state index in [-0.39, 0.29) is 16.4 Å². The van der Waals surface area contributed by atoms with Crippen LogP contribution in [-0.4, -0.2) is 19.9 Å². The SMILES string of the molecule is CC(C)(C)C1=CC(=NS(=O)(=O)c2ccc(F)cc2)C=C(C(C)(C)C)C1=O. The van der Waals surface area contributed by atoms with Crippen LogP contribution in [0.1, 0.15) is 41.5 Å². The molecule has 1 aromatic rings. The van der Waals surface area contributed by atoms with Gasteiger partial charge in [0.2, 0.25) is 0 Å². The first kappa shape index (κ1) is 20.2. The molecule has 0 aromatic heterocycles. The molecule has 0 unspecified atom stereocenters. The van der Waals surface area contributed by atoms with Gasteiger partial charge in [-0.15, -0.1) is 0 Å². The average molecular weight is 377 g/mol. The summed E-state index contributed by atoms with van der Waals surface area (Å²) in [5.41, 5.74) is 0.310. The van der Waals surface area contributed by atoms with Crippen LogP contribution in [-0.2, 0) is 14.8 Å². The second kappa shape index (κ2) is 6.58.